The van der Waals surface area contributed by atoms with Gasteiger partial charge in [-0.05, 0) is 12.3 Å². The number of hydrogen-bond donors (Lipinski definition) is 2. The van der Waals surface area contributed by atoms with Crippen molar-refractivity contribution in [2.75, 3.05) is 6.54 Å². The monoisotopic (exact) mass is 321 g/mol. The second-order valence-corrected chi connectivity index (χ2v) is 7.07. The number of aromatic nitrogens is 2. The highest BCUT2D eigenvalue weighted by Crippen LogP contribution is 2.23. The van der Waals surface area contributed by atoms with Gasteiger partial charge in [0.15, 0.2) is 5.69 Å². The van der Waals surface area contributed by atoms with Gasteiger partial charge in [0.25, 0.3) is 15.0 Å². The lowest BCUT2D eigenvalue weighted by molar-refractivity contribution is 0.0938. The molecule has 0 atom stereocenters. The van der Waals surface area contributed by atoms with E-state index in [1.807, 2.05) is 13.8 Å². The Balaban J connectivity index is 2.97. The van der Waals surface area contributed by atoms with Crippen molar-refractivity contribution in [1.29, 1.82) is 0 Å². The van der Waals surface area contributed by atoms with Gasteiger partial charge in [-0.1, -0.05) is 33.6 Å². The van der Waals surface area contributed by atoms with E-state index in [4.69, 9.17) is 10.7 Å². The maximum absolute atomic E-state index is 12.1. The Morgan fingerprint density at radius 2 is 1.95 bits per heavy atom. The number of rotatable bonds is 7. The van der Waals surface area contributed by atoms with E-state index in [-0.39, 0.29) is 10.6 Å². The zero-order valence-electron chi connectivity index (χ0n) is 11.9. The number of amides is 1. The van der Waals surface area contributed by atoms with Crippen LogP contribution in [0, 0.1) is 5.92 Å². The fourth-order valence-electron chi connectivity index (χ4n) is 1.92. The summed E-state index contributed by atoms with van der Waals surface area (Å²) in [5, 5.41) is 9.04. The van der Waals surface area contributed by atoms with E-state index in [1.165, 1.54) is 0 Å². The number of H-pyrrole nitrogens is 1. The van der Waals surface area contributed by atoms with Crippen LogP contribution < -0.4 is 5.32 Å². The van der Waals surface area contributed by atoms with Crippen molar-refractivity contribution in [2.45, 2.75) is 44.9 Å². The third-order valence-corrected chi connectivity index (χ3v) is 4.70. The zero-order chi connectivity index (χ0) is 15.3. The quantitative estimate of drug-likeness (QED) is 0.752. The molecule has 1 amide bonds. The van der Waals surface area contributed by atoms with Crippen LogP contribution in [-0.4, -0.2) is 31.1 Å². The summed E-state index contributed by atoms with van der Waals surface area (Å²) in [6.07, 6.45) is 2.28. The van der Waals surface area contributed by atoms with Gasteiger partial charge in [0.2, 0.25) is 0 Å². The fraction of sp³-hybridized carbons (Fsp3) is 0.667. The molecule has 0 aliphatic heterocycles. The predicted molar refractivity (Wildman–Crippen MR) is 77.4 cm³/mol. The SMILES string of the molecule is CCc1[nH]nc(C(=O)NCC(CC)CC)c1S(=O)(=O)Cl. The first kappa shape index (κ1) is 17.0. The molecule has 0 aliphatic carbocycles. The largest absolute Gasteiger partial charge is 0.350 e. The molecule has 20 heavy (non-hydrogen) atoms. The van der Waals surface area contributed by atoms with Crippen LogP contribution in [0.3, 0.4) is 0 Å². The van der Waals surface area contributed by atoms with Gasteiger partial charge in [0.1, 0.15) is 4.90 Å². The molecule has 114 valence electrons. The highest BCUT2D eigenvalue weighted by atomic mass is 35.7. The summed E-state index contributed by atoms with van der Waals surface area (Å²) in [7, 11) is 1.37. The molecule has 0 spiro atoms. The Hall–Kier alpha value is -1.08. The minimum atomic E-state index is -4.01. The van der Waals surface area contributed by atoms with Crippen LogP contribution >= 0.6 is 10.7 Å². The standard InChI is InChI=1S/C12H20ClN3O3S/c1-4-8(5-2)7-14-12(17)10-11(20(13,18)19)9(6-3)15-16-10/h8H,4-7H2,1-3H3,(H,14,17)(H,15,16). The van der Waals surface area contributed by atoms with E-state index in [9.17, 15) is 13.2 Å². The van der Waals surface area contributed by atoms with E-state index >= 15 is 0 Å². The summed E-state index contributed by atoms with van der Waals surface area (Å²) in [6.45, 7) is 6.32. The van der Waals surface area contributed by atoms with Gasteiger partial charge >= 0.3 is 0 Å². The van der Waals surface area contributed by atoms with Gasteiger partial charge in [0.05, 0.1) is 5.69 Å². The third-order valence-electron chi connectivity index (χ3n) is 3.31. The van der Waals surface area contributed by atoms with Crippen molar-refractivity contribution in [3.63, 3.8) is 0 Å². The Morgan fingerprint density at radius 3 is 2.40 bits per heavy atom. The van der Waals surface area contributed by atoms with E-state index < -0.39 is 15.0 Å². The smallest absolute Gasteiger partial charge is 0.273 e. The number of aromatic amines is 1. The van der Waals surface area contributed by atoms with Crippen LogP contribution in [0.4, 0.5) is 0 Å². The second-order valence-electron chi connectivity index (χ2n) is 4.56. The minimum Gasteiger partial charge on any atom is -0.350 e. The van der Waals surface area contributed by atoms with E-state index in [0.717, 1.165) is 12.8 Å². The summed E-state index contributed by atoms with van der Waals surface area (Å²) in [6, 6.07) is 0. The highest BCUT2D eigenvalue weighted by molar-refractivity contribution is 8.13. The molecule has 0 saturated carbocycles. The Kier molecular flexibility index (Phi) is 6.01. The number of nitrogens with zero attached hydrogens (tertiary/aromatic N) is 1. The van der Waals surface area contributed by atoms with Gasteiger partial charge in [0, 0.05) is 17.2 Å². The van der Waals surface area contributed by atoms with Crippen molar-refractivity contribution in [3.05, 3.63) is 11.4 Å². The van der Waals surface area contributed by atoms with Crippen molar-refractivity contribution >= 4 is 25.6 Å². The number of hydrogen-bond acceptors (Lipinski definition) is 4. The Morgan fingerprint density at radius 1 is 1.35 bits per heavy atom. The normalized spacial score (nSPS) is 11.8. The van der Waals surface area contributed by atoms with Gasteiger partial charge in [-0.25, -0.2) is 8.42 Å². The molecule has 1 heterocycles. The molecule has 0 aromatic carbocycles. The molecule has 0 fully saturated rings. The lowest BCUT2D eigenvalue weighted by atomic mass is 10.0. The summed E-state index contributed by atoms with van der Waals surface area (Å²) >= 11 is 0. The van der Waals surface area contributed by atoms with Gasteiger partial charge in [-0.2, -0.15) is 5.10 Å². The van der Waals surface area contributed by atoms with E-state index in [1.54, 1.807) is 6.92 Å². The molecule has 1 aromatic rings. The first-order chi connectivity index (χ1) is 9.35. The molecule has 1 aromatic heterocycles. The molecule has 0 unspecified atom stereocenters. The van der Waals surface area contributed by atoms with Crippen LogP contribution in [0.1, 0.15) is 49.8 Å². The fourth-order valence-corrected chi connectivity index (χ4v) is 3.27. The number of carbonyl (C=O) groups is 1. The van der Waals surface area contributed by atoms with Crippen LogP contribution in [-0.2, 0) is 15.5 Å². The van der Waals surface area contributed by atoms with Gasteiger partial charge < -0.3 is 5.32 Å². The molecule has 0 aliphatic rings. The van der Waals surface area contributed by atoms with Gasteiger partial charge in [-0.3, -0.25) is 9.89 Å². The molecular weight excluding hydrogens is 302 g/mol. The summed E-state index contributed by atoms with van der Waals surface area (Å²) in [5.74, 6) is -0.160. The lowest BCUT2D eigenvalue weighted by Crippen LogP contribution is -2.30. The Bertz CT molecular complexity index is 565. The minimum absolute atomic E-state index is 0.164. The highest BCUT2D eigenvalue weighted by Gasteiger charge is 2.27. The molecular formula is C12H20ClN3O3S. The second kappa shape index (κ2) is 7.08. The molecule has 0 bridgehead atoms. The molecule has 0 radical (unpaired) electrons. The van der Waals surface area contributed by atoms with Crippen molar-refractivity contribution < 1.29 is 13.2 Å². The number of nitrogens with one attached hydrogen (secondary N) is 2. The average Bonchev–Trinajstić information content (AvgIpc) is 2.83. The van der Waals surface area contributed by atoms with E-state index in [0.29, 0.717) is 24.6 Å². The van der Waals surface area contributed by atoms with Gasteiger partial charge in [-0.15, -0.1) is 0 Å². The maximum atomic E-state index is 12.1. The first-order valence-corrected chi connectivity index (χ1v) is 8.96. The summed E-state index contributed by atoms with van der Waals surface area (Å²) in [4.78, 5) is 11.8. The number of carbonyl (C=O) groups excluding carboxylic acids is 1. The molecule has 1 rings (SSSR count). The van der Waals surface area contributed by atoms with Crippen LogP contribution in [0.25, 0.3) is 0 Å². The molecule has 8 heteroatoms. The Labute approximate surface area is 123 Å². The first-order valence-electron chi connectivity index (χ1n) is 6.65. The zero-order valence-corrected chi connectivity index (χ0v) is 13.4. The van der Waals surface area contributed by atoms with E-state index in [2.05, 4.69) is 15.5 Å². The van der Waals surface area contributed by atoms with Crippen LogP contribution in [0.5, 0.6) is 0 Å². The van der Waals surface area contributed by atoms with Crippen LogP contribution in [0.2, 0.25) is 0 Å². The predicted octanol–water partition coefficient (Wildman–Crippen LogP) is 2.07. The molecule has 6 nitrogen and oxygen atoms in total. The molecule has 2 N–H and O–H groups in total. The average molecular weight is 322 g/mol. The van der Waals surface area contributed by atoms with Crippen molar-refractivity contribution in [2.24, 2.45) is 5.92 Å². The van der Waals surface area contributed by atoms with Crippen molar-refractivity contribution in [1.82, 2.24) is 15.5 Å². The lowest BCUT2D eigenvalue weighted by Gasteiger charge is -2.12. The number of aryl methyl sites for hydroxylation is 1. The number of halogens is 1. The third kappa shape index (κ3) is 3.96. The topological polar surface area (TPSA) is 91.9 Å². The van der Waals surface area contributed by atoms with Crippen molar-refractivity contribution in [3.8, 4) is 0 Å². The summed E-state index contributed by atoms with van der Waals surface area (Å²) in [5.41, 5.74) is 0.176. The maximum Gasteiger partial charge on any atom is 0.273 e. The molecule has 0 saturated heterocycles. The summed E-state index contributed by atoms with van der Waals surface area (Å²) < 4.78 is 23.1. The van der Waals surface area contributed by atoms with Crippen LogP contribution in [0.15, 0.2) is 4.90 Å².